The fraction of sp³-hybridized carbons (Fsp3) is 0.500. The van der Waals surface area contributed by atoms with E-state index in [9.17, 15) is 18.6 Å². The fourth-order valence-corrected chi connectivity index (χ4v) is 8.88. The molecule has 1 aliphatic carbocycles. The molecule has 3 aliphatic rings. The number of aliphatic imine (C=N–C) groups is 1. The molecule has 3 atom stereocenters. The second-order valence-corrected chi connectivity index (χ2v) is 14.7. The number of carbonyl (C=O) groups is 3. The predicted octanol–water partition coefficient (Wildman–Crippen LogP) is 6.20. The first-order valence-electron chi connectivity index (χ1n) is 16.6. The summed E-state index contributed by atoms with van der Waals surface area (Å²) in [5.41, 5.74) is 0.633. The zero-order valence-corrected chi connectivity index (χ0v) is 29.8. The third-order valence-electron chi connectivity index (χ3n) is 9.63. The number of halogens is 2. The first kappa shape index (κ1) is 36.2. The van der Waals surface area contributed by atoms with Gasteiger partial charge in [-0.15, -0.1) is 0 Å². The summed E-state index contributed by atoms with van der Waals surface area (Å²) < 4.78 is 24.1. The quantitative estimate of drug-likeness (QED) is 0.285. The third-order valence-corrected chi connectivity index (χ3v) is 11.6. The van der Waals surface area contributed by atoms with E-state index in [-0.39, 0.29) is 45.1 Å². The molecule has 2 fully saturated rings. The van der Waals surface area contributed by atoms with Gasteiger partial charge in [0.15, 0.2) is 0 Å². The largest absolute Gasteiger partial charge is 0.468 e. The molecule has 5 rings (SSSR count). The monoisotopic (exact) mass is 715 g/mol. The van der Waals surface area contributed by atoms with Crippen LogP contribution in [0, 0.1) is 5.92 Å². The highest BCUT2D eigenvalue weighted by Crippen LogP contribution is 2.46. The first-order valence-corrected chi connectivity index (χ1v) is 18.7. The van der Waals surface area contributed by atoms with Gasteiger partial charge in [-0.2, -0.15) is 0 Å². The molecule has 1 amide bonds. The van der Waals surface area contributed by atoms with Gasteiger partial charge in [0, 0.05) is 58.8 Å². The van der Waals surface area contributed by atoms with Crippen LogP contribution in [0.5, 0.6) is 0 Å². The van der Waals surface area contributed by atoms with E-state index in [2.05, 4.69) is 4.90 Å². The van der Waals surface area contributed by atoms with E-state index in [1.165, 1.54) is 59.2 Å². The van der Waals surface area contributed by atoms with Crippen LogP contribution in [0.4, 0.5) is 0 Å². The Morgan fingerprint density at radius 2 is 1.48 bits per heavy atom. The molecule has 2 aliphatic heterocycles. The Labute approximate surface area is 295 Å². The van der Waals surface area contributed by atoms with Gasteiger partial charge < -0.3 is 14.4 Å². The number of piperazine rings is 1. The summed E-state index contributed by atoms with van der Waals surface area (Å²) in [5, 5.41) is 0.425. The van der Waals surface area contributed by atoms with Crippen LogP contribution in [0.3, 0.4) is 0 Å². The Balaban J connectivity index is 1.50. The van der Waals surface area contributed by atoms with Crippen molar-refractivity contribution in [2.45, 2.75) is 68.2 Å². The van der Waals surface area contributed by atoms with E-state index in [0.717, 1.165) is 13.1 Å². The molecular formula is C36H43Cl2N3O6S. The standard InChI is InChI=1S/C36H43Cl2N3O6S/c1-46-35(43)32-28(22-30(42)41-20-18-40(19-21-41)24-12-7-4-3-5-8-13-24)39-29(23-48(45)25-14-9-6-10-15-25)33(36(44)47-2)34(32)31-26(37)16-11-17-27(31)38/h6,9-11,14-17,24,32,34H,3-5,7-8,12-13,18-23H2,1-2H3. The Kier molecular flexibility index (Phi) is 12.9. The molecule has 12 heteroatoms. The molecule has 0 N–H and O–H groups in total. The Morgan fingerprint density at radius 3 is 2.08 bits per heavy atom. The maximum atomic E-state index is 14.0. The van der Waals surface area contributed by atoms with Crippen LogP contribution in [0.1, 0.15) is 62.8 Å². The van der Waals surface area contributed by atoms with Crippen LogP contribution in [0.15, 0.2) is 69.7 Å². The zero-order valence-electron chi connectivity index (χ0n) is 27.5. The van der Waals surface area contributed by atoms with Gasteiger partial charge in [0.2, 0.25) is 5.91 Å². The van der Waals surface area contributed by atoms with Crippen LogP contribution in [-0.2, 0) is 34.7 Å². The van der Waals surface area contributed by atoms with Gasteiger partial charge in [-0.25, -0.2) is 4.79 Å². The SMILES string of the molecule is COC(=O)C1=C(CS(=O)c2ccccc2)N=C(CC(=O)N2CCN(C3CCCCCCC3)CC2)C(C(=O)OC)C1c1c(Cl)cccc1Cl. The lowest BCUT2D eigenvalue weighted by Crippen LogP contribution is -2.52. The van der Waals surface area contributed by atoms with Gasteiger partial charge in [-0.05, 0) is 42.7 Å². The summed E-state index contributed by atoms with van der Waals surface area (Å²) in [7, 11) is 0.837. The lowest BCUT2D eigenvalue weighted by atomic mass is 9.74. The molecule has 3 unspecified atom stereocenters. The molecule has 0 bridgehead atoms. The van der Waals surface area contributed by atoms with Gasteiger partial charge >= 0.3 is 11.9 Å². The Bertz CT molecular complexity index is 1550. The summed E-state index contributed by atoms with van der Waals surface area (Å²) in [6.07, 6.45) is 8.56. The van der Waals surface area contributed by atoms with E-state index in [0.29, 0.717) is 29.6 Å². The molecule has 1 saturated heterocycles. The molecule has 2 aromatic carbocycles. The van der Waals surface area contributed by atoms with E-state index < -0.39 is 34.6 Å². The van der Waals surface area contributed by atoms with Crippen molar-refractivity contribution in [2.24, 2.45) is 10.9 Å². The summed E-state index contributed by atoms with van der Waals surface area (Å²) >= 11 is 13.4. The lowest BCUT2D eigenvalue weighted by molar-refractivity contribution is -0.143. The average molecular weight is 717 g/mol. The van der Waals surface area contributed by atoms with Gasteiger partial charge in [0.1, 0.15) is 5.92 Å². The topological polar surface area (TPSA) is 106 Å². The van der Waals surface area contributed by atoms with Crippen LogP contribution < -0.4 is 0 Å². The van der Waals surface area contributed by atoms with Crippen LogP contribution >= 0.6 is 23.2 Å². The number of rotatable bonds is 9. The van der Waals surface area contributed by atoms with Crippen molar-refractivity contribution in [1.82, 2.24) is 9.80 Å². The molecule has 0 aromatic heterocycles. The summed E-state index contributed by atoms with van der Waals surface area (Å²) in [6, 6.07) is 14.2. The smallest absolute Gasteiger partial charge is 0.336 e. The van der Waals surface area contributed by atoms with Gasteiger partial charge in [0.25, 0.3) is 0 Å². The van der Waals surface area contributed by atoms with E-state index in [1.807, 2.05) is 11.0 Å². The highest BCUT2D eigenvalue weighted by atomic mass is 35.5. The molecule has 0 spiro atoms. The van der Waals surface area contributed by atoms with E-state index >= 15 is 0 Å². The van der Waals surface area contributed by atoms with Crippen LogP contribution in [0.2, 0.25) is 10.0 Å². The minimum Gasteiger partial charge on any atom is -0.468 e. The maximum Gasteiger partial charge on any atom is 0.336 e. The third kappa shape index (κ3) is 8.38. The predicted molar refractivity (Wildman–Crippen MR) is 188 cm³/mol. The summed E-state index contributed by atoms with van der Waals surface area (Å²) in [6.45, 7) is 2.71. The van der Waals surface area contributed by atoms with Crippen molar-refractivity contribution >= 4 is 57.6 Å². The number of hydrogen-bond acceptors (Lipinski definition) is 8. The van der Waals surface area contributed by atoms with Crippen LogP contribution in [0.25, 0.3) is 0 Å². The molecule has 9 nitrogen and oxygen atoms in total. The van der Waals surface area contributed by atoms with Crippen molar-refractivity contribution in [3.8, 4) is 0 Å². The molecular weight excluding hydrogens is 673 g/mol. The highest BCUT2D eigenvalue weighted by Gasteiger charge is 2.46. The van der Waals surface area contributed by atoms with Gasteiger partial charge in [-0.1, -0.05) is 79.6 Å². The van der Waals surface area contributed by atoms with Gasteiger partial charge in [-0.3, -0.25) is 23.7 Å². The average Bonchev–Trinajstić information content (AvgIpc) is 3.08. The molecule has 258 valence electrons. The number of ether oxygens (including phenoxy) is 2. The summed E-state index contributed by atoms with van der Waals surface area (Å²) in [5.74, 6) is -4.15. The van der Waals surface area contributed by atoms with E-state index in [4.69, 9.17) is 37.7 Å². The fourth-order valence-electron chi connectivity index (χ4n) is 7.16. The molecule has 2 heterocycles. The number of benzene rings is 2. The molecule has 0 radical (unpaired) electrons. The number of nitrogens with zero attached hydrogens (tertiary/aromatic N) is 3. The number of methoxy groups -OCH3 is 2. The number of esters is 2. The minimum atomic E-state index is -1.62. The molecule has 1 saturated carbocycles. The number of hydrogen-bond donors (Lipinski definition) is 0. The van der Waals surface area contributed by atoms with Crippen molar-refractivity contribution in [3.63, 3.8) is 0 Å². The van der Waals surface area contributed by atoms with Crippen molar-refractivity contribution in [2.75, 3.05) is 46.2 Å². The van der Waals surface area contributed by atoms with Crippen molar-refractivity contribution < 1.29 is 28.1 Å². The number of amides is 1. The Morgan fingerprint density at radius 1 is 0.854 bits per heavy atom. The Hall–Kier alpha value is -3.05. The van der Waals surface area contributed by atoms with Crippen molar-refractivity contribution in [3.05, 3.63) is 75.4 Å². The minimum absolute atomic E-state index is 0.00352. The summed E-state index contributed by atoms with van der Waals surface area (Å²) in [4.78, 5) is 50.8. The van der Waals surface area contributed by atoms with Gasteiger partial charge in [0.05, 0.1) is 48.5 Å². The zero-order chi connectivity index (χ0) is 34.2. The normalized spacial score (nSPS) is 21.9. The first-order chi connectivity index (χ1) is 23.2. The van der Waals surface area contributed by atoms with E-state index in [1.54, 1.807) is 42.5 Å². The molecule has 2 aromatic rings. The van der Waals surface area contributed by atoms with Crippen LogP contribution in [-0.4, -0.2) is 89.8 Å². The maximum absolute atomic E-state index is 14.0. The molecule has 48 heavy (non-hydrogen) atoms. The number of carbonyl (C=O) groups excluding carboxylic acids is 3. The lowest BCUT2D eigenvalue weighted by Gasteiger charge is -2.40. The highest BCUT2D eigenvalue weighted by molar-refractivity contribution is 7.85. The second kappa shape index (κ2) is 17.1. The van der Waals surface area contributed by atoms with Crippen molar-refractivity contribution in [1.29, 1.82) is 0 Å². The second-order valence-electron chi connectivity index (χ2n) is 12.5.